The second kappa shape index (κ2) is 64.4. The van der Waals surface area contributed by atoms with Crippen molar-refractivity contribution >= 4 is 39.5 Å². The van der Waals surface area contributed by atoms with E-state index in [2.05, 4.69) is 55.4 Å². The lowest BCUT2D eigenvalue weighted by molar-refractivity contribution is -0.161. The predicted octanol–water partition coefficient (Wildman–Crippen LogP) is 21.7. The van der Waals surface area contributed by atoms with Crippen LogP contribution in [0.1, 0.15) is 376 Å². The number of unbranched alkanes of at least 4 members (excludes halogenated alkanes) is 36. The number of phosphoric acid groups is 2. The molecule has 0 aromatic rings. The number of carbonyl (C=O) groups is 4. The summed E-state index contributed by atoms with van der Waals surface area (Å²) < 4.78 is 68.4. The van der Waals surface area contributed by atoms with Gasteiger partial charge < -0.3 is 33.8 Å². The molecule has 0 amide bonds. The first kappa shape index (κ1) is 92.1. The molecule has 558 valence electrons. The minimum absolute atomic E-state index is 0.102. The molecule has 94 heavy (non-hydrogen) atoms. The second-order valence-corrected chi connectivity index (χ2v) is 31.4. The van der Waals surface area contributed by atoms with Crippen LogP contribution in [0.3, 0.4) is 0 Å². The van der Waals surface area contributed by atoms with Crippen molar-refractivity contribution in [2.45, 2.75) is 395 Å². The molecule has 17 nitrogen and oxygen atoms in total. The summed E-state index contributed by atoms with van der Waals surface area (Å²) in [6.45, 7) is 14.1. The minimum atomic E-state index is -4.96. The van der Waals surface area contributed by atoms with Crippen molar-refractivity contribution in [3.63, 3.8) is 0 Å². The molecule has 0 bridgehead atoms. The van der Waals surface area contributed by atoms with E-state index in [1.54, 1.807) is 0 Å². The van der Waals surface area contributed by atoms with Gasteiger partial charge in [-0.15, -0.1) is 0 Å². The number of esters is 4. The smallest absolute Gasteiger partial charge is 0.462 e. The maximum absolute atomic E-state index is 13.1. The zero-order chi connectivity index (χ0) is 69.6. The minimum Gasteiger partial charge on any atom is -0.462 e. The molecular weight excluding hydrogens is 1230 g/mol. The molecule has 3 N–H and O–H groups in total. The predicted molar refractivity (Wildman–Crippen MR) is 381 cm³/mol. The molecular formula is C75H146O17P2. The quantitative estimate of drug-likeness (QED) is 0.0222. The highest BCUT2D eigenvalue weighted by Gasteiger charge is 2.30. The molecule has 4 unspecified atom stereocenters. The van der Waals surface area contributed by atoms with Crippen LogP contribution >= 0.6 is 15.6 Å². The Balaban J connectivity index is 5.22. The Morgan fingerprint density at radius 1 is 0.298 bits per heavy atom. The summed E-state index contributed by atoms with van der Waals surface area (Å²) in [6, 6.07) is 0. The van der Waals surface area contributed by atoms with Gasteiger partial charge in [-0.25, -0.2) is 9.13 Å². The number of hydrogen-bond acceptors (Lipinski definition) is 15. The van der Waals surface area contributed by atoms with Gasteiger partial charge in [0.2, 0.25) is 0 Å². The molecule has 0 saturated carbocycles. The fraction of sp³-hybridized carbons (Fsp3) is 0.947. The maximum Gasteiger partial charge on any atom is 0.472 e. The molecule has 0 saturated heterocycles. The van der Waals surface area contributed by atoms with E-state index in [9.17, 15) is 43.2 Å². The van der Waals surface area contributed by atoms with E-state index < -0.39 is 97.5 Å². The van der Waals surface area contributed by atoms with Crippen LogP contribution in [0.15, 0.2) is 0 Å². The fourth-order valence-corrected chi connectivity index (χ4v) is 12.9. The summed E-state index contributed by atoms with van der Waals surface area (Å²) in [7, 11) is -9.91. The highest BCUT2D eigenvalue weighted by atomic mass is 31.2. The van der Waals surface area contributed by atoms with Gasteiger partial charge in [0.1, 0.15) is 19.3 Å². The van der Waals surface area contributed by atoms with Crippen LogP contribution in [0.2, 0.25) is 0 Å². The van der Waals surface area contributed by atoms with Gasteiger partial charge in [-0.3, -0.25) is 37.3 Å². The van der Waals surface area contributed by atoms with Crippen LogP contribution in [-0.2, 0) is 65.4 Å². The number of aliphatic hydroxyl groups excluding tert-OH is 1. The summed E-state index contributed by atoms with van der Waals surface area (Å²) in [4.78, 5) is 72.7. The first-order valence-electron chi connectivity index (χ1n) is 38.8. The van der Waals surface area contributed by atoms with E-state index in [1.165, 1.54) is 173 Å². The van der Waals surface area contributed by atoms with Crippen molar-refractivity contribution in [1.29, 1.82) is 0 Å². The normalized spacial score (nSPS) is 14.7. The monoisotopic (exact) mass is 1380 g/mol. The lowest BCUT2D eigenvalue weighted by Gasteiger charge is -2.21. The number of hydrogen-bond donors (Lipinski definition) is 3. The molecule has 0 radical (unpaired) electrons. The van der Waals surface area contributed by atoms with Crippen LogP contribution < -0.4 is 0 Å². The average molecular weight is 1380 g/mol. The summed E-state index contributed by atoms with van der Waals surface area (Å²) in [5.74, 6) is 0.918. The third-order valence-electron chi connectivity index (χ3n) is 18.0. The first-order valence-corrected chi connectivity index (χ1v) is 41.8. The van der Waals surface area contributed by atoms with E-state index in [0.717, 1.165) is 114 Å². The van der Waals surface area contributed by atoms with Crippen molar-refractivity contribution in [3.05, 3.63) is 0 Å². The van der Waals surface area contributed by atoms with Crippen LogP contribution in [0.25, 0.3) is 0 Å². The molecule has 7 atom stereocenters. The topological polar surface area (TPSA) is 237 Å². The highest BCUT2D eigenvalue weighted by molar-refractivity contribution is 7.47. The Bertz CT molecular complexity index is 1850. The van der Waals surface area contributed by atoms with Crippen molar-refractivity contribution in [2.24, 2.45) is 23.7 Å². The second-order valence-electron chi connectivity index (χ2n) is 28.5. The highest BCUT2D eigenvalue weighted by Crippen LogP contribution is 2.45. The molecule has 0 spiro atoms. The van der Waals surface area contributed by atoms with Gasteiger partial charge in [-0.05, 0) is 49.4 Å². The third kappa shape index (κ3) is 66.0. The Labute approximate surface area is 575 Å². The summed E-state index contributed by atoms with van der Waals surface area (Å²) in [5, 5.41) is 10.6. The summed E-state index contributed by atoms with van der Waals surface area (Å²) in [6.07, 6.45) is 48.8. The Hall–Kier alpha value is -1.94. The molecule has 19 heteroatoms. The van der Waals surface area contributed by atoms with Crippen LogP contribution in [0.4, 0.5) is 0 Å². The van der Waals surface area contributed by atoms with Crippen LogP contribution in [0.5, 0.6) is 0 Å². The molecule has 0 aliphatic rings. The van der Waals surface area contributed by atoms with Crippen LogP contribution in [0, 0.1) is 23.7 Å². The van der Waals surface area contributed by atoms with E-state index in [4.69, 9.17) is 37.0 Å². The molecule has 0 rings (SSSR count). The number of aliphatic hydroxyl groups is 1. The maximum atomic E-state index is 13.1. The summed E-state index contributed by atoms with van der Waals surface area (Å²) >= 11 is 0. The standard InChI is InChI=1S/C75H146O17P2/c1-9-67(7)53-45-37-28-24-20-16-12-14-17-21-25-29-39-47-55-72(77)85-61-70(91-74(79)57-49-41-30-26-22-18-13-11-15-19-23-27-35-43-51-65(3)4)63-89-93(81,82)87-59-69(76)60-88-94(83,84)90-64-71(62-86-73(78)56-48-40-33-31-36-44-52-66(5)6)92-75(80)58-50-42-34-32-38-46-54-68(8)10-2/h65-71,76H,9-64H2,1-8H3,(H,81,82)(H,83,84)/t67?,68?,69-,70-,71-/m1/s1. The molecule has 0 aliphatic carbocycles. The Morgan fingerprint density at radius 3 is 0.755 bits per heavy atom. The lowest BCUT2D eigenvalue weighted by atomic mass is 9.99. The van der Waals surface area contributed by atoms with Gasteiger partial charge in [-0.1, -0.05) is 325 Å². The molecule has 0 aromatic carbocycles. The van der Waals surface area contributed by atoms with Gasteiger partial charge in [0.05, 0.1) is 26.4 Å². The van der Waals surface area contributed by atoms with Crippen molar-refractivity contribution in [1.82, 2.24) is 0 Å². The molecule has 0 aromatic heterocycles. The molecule has 0 aliphatic heterocycles. The van der Waals surface area contributed by atoms with Gasteiger partial charge in [0.25, 0.3) is 0 Å². The van der Waals surface area contributed by atoms with E-state index in [-0.39, 0.29) is 25.7 Å². The molecule has 0 fully saturated rings. The van der Waals surface area contributed by atoms with Gasteiger partial charge >= 0.3 is 39.5 Å². The largest absolute Gasteiger partial charge is 0.472 e. The first-order chi connectivity index (χ1) is 45.2. The van der Waals surface area contributed by atoms with Crippen molar-refractivity contribution < 1.29 is 80.2 Å². The van der Waals surface area contributed by atoms with E-state index >= 15 is 0 Å². The summed E-state index contributed by atoms with van der Waals surface area (Å²) in [5.41, 5.74) is 0. The zero-order valence-corrected chi connectivity index (χ0v) is 63.4. The van der Waals surface area contributed by atoms with Crippen LogP contribution in [-0.4, -0.2) is 96.7 Å². The van der Waals surface area contributed by atoms with Gasteiger partial charge in [0, 0.05) is 25.7 Å². The number of ether oxygens (including phenoxy) is 4. The average Bonchev–Trinajstić information content (AvgIpc) is 1.23. The zero-order valence-electron chi connectivity index (χ0n) is 61.6. The van der Waals surface area contributed by atoms with E-state index in [1.807, 2.05) is 0 Å². The molecule has 0 heterocycles. The Morgan fingerprint density at radius 2 is 0.511 bits per heavy atom. The van der Waals surface area contributed by atoms with Gasteiger partial charge in [0.15, 0.2) is 12.2 Å². The van der Waals surface area contributed by atoms with Crippen molar-refractivity contribution in [3.8, 4) is 0 Å². The lowest BCUT2D eigenvalue weighted by Crippen LogP contribution is -2.30. The Kier molecular flexibility index (Phi) is 63.1. The fourth-order valence-electron chi connectivity index (χ4n) is 11.3. The van der Waals surface area contributed by atoms with Gasteiger partial charge in [-0.2, -0.15) is 0 Å². The van der Waals surface area contributed by atoms with E-state index in [0.29, 0.717) is 31.6 Å². The SMILES string of the molecule is CCC(C)CCCCCCCCCCCCCCCCC(=O)OC[C@H](COP(=O)(O)OC[C@@H](O)COP(=O)(O)OC[C@@H](COC(=O)CCCCCCCCC(C)C)OC(=O)CCCCCCCCC(C)CC)OC(=O)CCCCCCCCCCCCCCCCC(C)C. The number of carbonyl (C=O) groups excluding carboxylic acids is 4. The number of phosphoric ester groups is 2. The third-order valence-corrected chi connectivity index (χ3v) is 19.9. The van der Waals surface area contributed by atoms with Crippen molar-refractivity contribution in [2.75, 3.05) is 39.6 Å². The number of rotatable bonds is 72.